The van der Waals surface area contributed by atoms with Gasteiger partial charge in [-0.15, -0.1) is 0 Å². The maximum atomic E-state index is 12.6. The van der Waals surface area contributed by atoms with Crippen molar-refractivity contribution in [2.45, 2.75) is 25.9 Å². The number of anilines is 1. The largest absolute Gasteiger partial charge is 0.493 e. The number of benzene rings is 1. The van der Waals surface area contributed by atoms with E-state index in [-0.39, 0.29) is 26.9 Å². The molecule has 12 heteroatoms. The molecule has 0 spiro atoms. The predicted molar refractivity (Wildman–Crippen MR) is 135 cm³/mol. The van der Waals surface area contributed by atoms with Gasteiger partial charge in [0.1, 0.15) is 10.3 Å². The summed E-state index contributed by atoms with van der Waals surface area (Å²) >= 11 is 12.9. The van der Waals surface area contributed by atoms with Crippen molar-refractivity contribution < 1.29 is 28.5 Å². The van der Waals surface area contributed by atoms with Gasteiger partial charge in [0.2, 0.25) is 0 Å². The van der Waals surface area contributed by atoms with E-state index in [4.69, 9.17) is 37.4 Å². The van der Waals surface area contributed by atoms with Crippen molar-refractivity contribution in [2.75, 3.05) is 46.4 Å². The summed E-state index contributed by atoms with van der Waals surface area (Å²) < 4.78 is 20.4. The van der Waals surface area contributed by atoms with Crippen LogP contribution < -0.4 is 14.4 Å². The van der Waals surface area contributed by atoms with Crippen molar-refractivity contribution in [3.05, 3.63) is 45.7 Å². The normalized spacial score (nSPS) is 14.2. The van der Waals surface area contributed by atoms with Gasteiger partial charge in [-0.1, -0.05) is 23.2 Å². The number of nitrogens with zero attached hydrogens (tertiary/aromatic N) is 3. The number of fused-ring (bicyclic) bond motifs is 1. The van der Waals surface area contributed by atoms with Gasteiger partial charge in [0.05, 0.1) is 27.4 Å². The van der Waals surface area contributed by atoms with Crippen LogP contribution in [0.15, 0.2) is 24.3 Å². The molecule has 1 amide bonds. The molecule has 0 aliphatic carbocycles. The molecule has 0 fully saturated rings. The number of halogens is 2. The van der Waals surface area contributed by atoms with E-state index in [0.29, 0.717) is 31.1 Å². The summed E-state index contributed by atoms with van der Waals surface area (Å²) in [5.74, 6) is 1.32. The quantitative estimate of drug-likeness (QED) is 0.344. The summed E-state index contributed by atoms with van der Waals surface area (Å²) in [5.41, 5.74) is 2.79. The van der Waals surface area contributed by atoms with Crippen LogP contribution in [0.2, 0.25) is 10.3 Å². The first-order valence-corrected chi connectivity index (χ1v) is 12.8. The minimum atomic E-state index is -0.433. The van der Waals surface area contributed by atoms with Crippen molar-refractivity contribution in [2.24, 2.45) is 0 Å². The van der Waals surface area contributed by atoms with Crippen molar-refractivity contribution in [1.29, 1.82) is 0 Å². The van der Waals surface area contributed by atoms with Crippen LogP contribution in [0.5, 0.6) is 11.5 Å². The van der Waals surface area contributed by atoms with E-state index in [9.17, 15) is 9.59 Å². The summed E-state index contributed by atoms with van der Waals surface area (Å²) in [6.45, 7) is 3.21. The van der Waals surface area contributed by atoms with Gasteiger partial charge in [0, 0.05) is 37.8 Å². The smallest absolute Gasteiger partial charge is 0.410 e. The van der Waals surface area contributed by atoms with Crippen LogP contribution in [-0.2, 0) is 22.4 Å². The van der Waals surface area contributed by atoms with Gasteiger partial charge in [0.15, 0.2) is 11.5 Å². The third kappa shape index (κ3) is 7.94. The maximum absolute atomic E-state index is 12.6. The molecule has 35 heavy (non-hydrogen) atoms. The molecule has 0 saturated carbocycles. The summed E-state index contributed by atoms with van der Waals surface area (Å²) in [6.07, 6.45) is 0.152. The molecule has 189 valence electrons. The van der Waals surface area contributed by atoms with Gasteiger partial charge in [-0.05, 0) is 29.8 Å². The van der Waals surface area contributed by atoms with E-state index in [0.717, 1.165) is 39.3 Å². The Morgan fingerprint density at radius 2 is 1.83 bits per heavy atom. The summed E-state index contributed by atoms with van der Waals surface area (Å²) in [6, 6.07) is 7.10. The van der Waals surface area contributed by atoms with Gasteiger partial charge in [-0.25, -0.2) is 9.78 Å². The third-order valence-electron chi connectivity index (χ3n) is 5.26. The molecule has 0 bridgehead atoms. The second-order valence-electron chi connectivity index (χ2n) is 7.48. The number of methoxy groups -OCH3 is 3. The molecule has 0 N–H and O–H groups in total. The third-order valence-corrected chi connectivity index (χ3v) is 6.06. The predicted octanol–water partition coefficient (Wildman–Crippen LogP) is 4.35. The Hall–Kier alpha value is -2.11. The van der Waals surface area contributed by atoms with Crippen LogP contribution in [0.25, 0.3) is 0 Å². The molecular formula is C23H28Cl2N3O6Sn. The summed E-state index contributed by atoms with van der Waals surface area (Å²) in [4.78, 5) is 30.2. The monoisotopic (exact) mass is 632 g/mol. The summed E-state index contributed by atoms with van der Waals surface area (Å²) in [7, 11) is 6.56. The van der Waals surface area contributed by atoms with Crippen molar-refractivity contribution in [1.82, 2.24) is 9.88 Å². The average Bonchev–Trinajstić information content (AvgIpc) is 2.80. The van der Waals surface area contributed by atoms with Crippen molar-refractivity contribution in [3.8, 4) is 11.5 Å². The first kappa shape index (κ1) is 29.1. The molecule has 0 unspecified atom stereocenters. The molecule has 3 rings (SSSR count). The van der Waals surface area contributed by atoms with Crippen LogP contribution in [0.3, 0.4) is 0 Å². The maximum Gasteiger partial charge on any atom is 0.410 e. The van der Waals surface area contributed by atoms with Gasteiger partial charge < -0.3 is 19.1 Å². The Morgan fingerprint density at radius 3 is 2.31 bits per heavy atom. The number of hydrogen-bond acceptors (Lipinski definition) is 8. The molecule has 1 aromatic carbocycles. The van der Waals surface area contributed by atoms with E-state index in [1.807, 2.05) is 19.2 Å². The number of amides is 1. The molecule has 9 nitrogen and oxygen atoms in total. The van der Waals surface area contributed by atoms with Gasteiger partial charge in [-0.3, -0.25) is 4.90 Å². The molecule has 1 aromatic heterocycles. The summed E-state index contributed by atoms with van der Waals surface area (Å²) in [5, 5.41) is 0.546. The van der Waals surface area contributed by atoms with E-state index in [2.05, 4.69) is 14.6 Å². The van der Waals surface area contributed by atoms with Crippen molar-refractivity contribution >= 4 is 61.5 Å². The number of hydrogen-bond donors (Lipinski definition) is 0. The zero-order valence-electron chi connectivity index (χ0n) is 20.3. The van der Waals surface area contributed by atoms with Gasteiger partial charge in [0.25, 0.3) is 0 Å². The molecule has 1 atom stereocenters. The molecule has 3 radical (unpaired) electrons. The van der Waals surface area contributed by atoms with Crippen LogP contribution in [0, 0.1) is 0 Å². The second kappa shape index (κ2) is 13.8. The van der Waals surface area contributed by atoms with E-state index in [1.54, 1.807) is 38.2 Å². The van der Waals surface area contributed by atoms with Gasteiger partial charge in [-0.2, -0.15) is 0 Å². The van der Waals surface area contributed by atoms with E-state index in [1.165, 1.54) is 7.11 Å². The minimum absolute atomic E-state index is 0.121. The van der Waals surface area contributed by atoms with E-state index >= 15 is 0 Å². The Bertz CT molecular complexity index is 1020. The molecule has 1 aliphatic rings. The topological polar surface area (TPSA) is 90.4 Å². The van der Waals surface area contributed by atoms with Gasteiger partial charge >= 0.3 is 55.7 Å². The zero-order chi connectivity index (χ0) is 26.1. The molecule has 1 aliphatic heterocycles. The zero-order valence-corrected chi connectivity index (χ0v) is 24.6. The number of ether oxygens (including phenoxy) is 4. The van der Waals surface area contributed by atoms with Crippen LogP contribution >= 0.6 is 23.2 Å². The Labute approximate surface area is 228 Å². The Balaban J connectivity index is 0.000000641. The number of pyridine rings is 1. The molecule has 0 saturated heterocycles. The Morgan fingerprint density at radius 1 is 1.17 bits per heavy atom. The number of likely N-dealkylation sites (N-methyl/N-ethyl adjacent to an activating group) is 1. The fourth-order valence-corrected chi connectivity index (χ4v) is 4.77. The fourth-order valence-electron chi connectivity index (χ4n) is 3.85. The van der Waals surface area contributed by atoms with Crippen molar-refractivity contribution in [3.63, 3.8) is 0 Å². The fraction of sp³-hybridized carbons (Fsp3) is 0.435. The number of aromatic nitrogens is 1. The molecule has 2 heterocycles. The van der Waals surface area contributed by atoms with Crippen LogP contribution in [-0.4, -0.2) is 90.1 Å². The number of carbonyl (C=O) groups excluding carboxylic acids is 2. The first-order valence-electron chi connectivity index (χ1n) is 10.6. The second-order valence-corrected chi connectivity index (χ2v) is 9.42. The number of rotatable bonds is 6. The average molecular weight is 632 g/mol. The van der Waals surface area contributed by atoms with Crippen LogP contribution in [0.4, 0.5) is 15.3 Å². The SMILES string of the molecule is CCO[C](=O)[Sn].COC(=O)N(Cc1cc(Cl)nc(Cl)c1)[C@H]1Cc2c(ccc(OC)c2OC)N(C)C1. The van der Waals surface area contributed by atoms with E-state index < -0.39 is 6.09 Å². The standard InChI is InChI=1S/C20H23Cl2N3O4.C3H5O2.Sn/c1-24-11-13(9-14-15(24)5-6-16(27-2)19(14)28-3)25(20(26)29-4)10-12-7-17(21)23-18(22)8-12;1-2-5-3-4;/h5-8,13H,9-11H2,1-4H3;2H2,1H3;/t13-;;/m0../s1. The first-order chi connectivity index (χ1) is 16.6. The molecule has 2 aromatic rings. The molecular weight excluding hydrogens is 604 g/mol. The minimum Gasteiger partial charge on any atom is -0.493 e. The Kier molecular flexibility index (Phi) is 11.5. The van der Waals surface area contributed by atoms with Crippen LogP contribution in [0.1, 0.15) is 18.1 Å². The number of carbonyl (C=O) groups is 2.